The first-order chi connectivity index (χ1) is 10.3. The largest absolute Gasteiger partial charge is 0.496 e. The van der Waals surface area contributed by atoms with Gasteiger partial charge in [-0.25, -0.2) is 0 Å². The van der Waals surface area contributed by atoms with Gasteiger partial charge in [0.1, 0.15) is 5.75 Å². The van der Waals surface area contributed by atoms with Crippen molar-refractivity contribution in [2.75, 3.05) is 26.7 Å². The average Bonchev–Trinajstić information content (AvgIpc) is 3.08. The number of nitrogens with zero attached hydrogens (tertiary/aromatic N) is 1. The van der Waals surface area contributed by atoms with Crippen molar-refractivity contribution in [3.63, 3.8) is 0 Å². The van der Waals surface area contributed by atoms with E-state index < -0.39 is 0 Å². The zero-order valence-corrected chi connectivity index (χ0v) is 12.7. The lowest BCUT2D eigenvalue weighted by atomic mass is 10.0. The molecule has 0 spiro atoms. The molecule has 1 aromatic carbocycles. The number of carbonyl (C=O) groups excluding carboxylic acids is 1. The smallest absolute Gasteiger partial charge is 0.264 e. The highest BCUT2D eigenvalue weighted by molar-refractivity contribution is 7.12. The molecule has 1 N–H and O–H groups in total. The van der Waals surface area contributed by atoms with Gasteiger partial charge in [-0.15, -0.1) is 11.3 Å². The third kappa shape index (κ3) is 2.80. The molecule has 21 heavy (non-hydrogen) atoms. The Morgan fingerprint density at radius 2 is 2.19 bits per heavy atom. The number of para-hydroxylation sites is 1. The Morgan fingerprint density at radius 3 is 2.95 bits per heavy atom. The van der Waals surface area contributed by atoms with E-state index in [0.29, 0.717) is 6.54 Å². The van der Waals surface area contributed by atoms with Crippen molar-refractivity contribution in [2.45, 2.75) is 6.04 Å². The van der Waals surface area contributed by atoms with Gasteiger partial charge in [-0.05, 0) is 17.5 Å². The Morgan fingerprint density at radius 1 is 1.33 bits per heavy atom. The maximum absolute atomic E-state index is 12.7. The number of hydrogen-bond donors (Lipinski definition) is 1. The molecule has 1 aliphatic rings. The molecule has 0 aliphatic carbocycles. The van der Waals surface area contributed by atoms with Gasteiger partial charge in [-0.3, -0.25) is 4.79 Å². The van der Waals surface area contributed by atoms with Gasteiger partial charge in [-0.1, -0.05) is 24.3 Å². The summed E-state index contributed by atoms with van der Waals surface area (Å²) < 4.78 is 5.45. The summed E-state index contributed by atoms with van der Waals surface area (Å²) in [6, 6.07) is 11.7. The van der Waals surface area contributed by atoms with Gasteiger partial charge in [0.25, 0.3) is 5.91 Å². The van der Waals surface area contributed by atoms with Gasteiger partial charge in [-0.2, -0.15) is 0 Å². The summed E-state index contributed by atoms with van der Waals surface area (Å²) in [6.07, 6.45) is 0. The van der Waals surface area contributed by atoms with Crippen molar-refractivity contribution >= 4 is 17.2 Å². The molecule has 0 saturated carbocycles. The highest BCUT2D eigenvalue weighted by Crippen LogP contribution is 2.31. The molecule has 0 radical (unpaired) electrons. The van der Waals surface area contributed by atoms with Crippen molar-refractivity contribution in [1.82, 2.24) is 10.2 Å². The van der Waals surface area contributed by atoms with Crippen LogP contribution < -0.4 is 10.1 Å². The van der Waals surface area contributed by atoms with Crippen LogP contribution in [0.15, 0.2) is 41.8 Å². The highest BCUT2D eigenvalue weighted by atomic mass is 32.1. The maximum Gasteiger partial charge on any atom is 0.264 e. The Kier molecular flexibility index (Phi) is 4.22. The number of piperazine rings is 1. The first-order valence-electron chi connectivity index (χ1n) is 6.99. The number of ether oxygens (including phenoxy) is 1. The lowest BCUT2D eigenvalue weighted by Crippen LogP contribution is -2.48. The SMILES string of the molecule is COc1ccccc1C1CNCCN1C(=O)c1cccs1. The molecule has 5 heteroatoms. The molecular formula is C16H18N2O2S. The van der Waals surface area contributed by atoms with Crippen LogP contribution in [0.5, 0.6) is 5.75 Å². The van der Waals surface area contributed by atoms with Crippen LogP contribution in [-0.4, -0.2) is 37.6 Å². The van der Waals surface area contributed by atoms with E-state index in [4.69, 9.17) is 4.74 Å². The molecule has 1 aliphatic heterocycles. The predicted molar refractivity (Wildman–Crippen MR) is 84.0 cm³/mol. The van der Waals surface area contributed by atoms with Crippen LogP contribution in [0.4, 0.5) is 0 Å². The summed E-state index contributed by atoms with van der Waals surface area (Å²) >= 11 is 1.49. The number of hydrogen-bond acceptors (Lipinski definition) is 4. The number of carbonyl (C=O) groups is 1. The molecule has 2 heterocycles. The summed E-state index contributed by atoms with van der Waals surface area (Å²) in [4.78, 5) is 15.4. The van der Waals surface area contributed by atoms with E-state index in [-0.39, 0.29) is 11.9 Å². The van der Waals surface area contributed by atoms with Crippen LogP contribution in [0.25, 0.3) is 0 Å². The zero-order valence-electron chi connectivity index (χ0n) is 11.9. The summed E-state index contributed by atoms with van der Waals surface area (Å²) in [7, 11) is 1.67. The van der Waals surface area contributed by atoms with Crippen LogP contribution in [0.2, 0.25) is 0 Å². The fourth-order valence-electron chi connectivity index (χ4n) is 2.71. The van der Waals surface area contributed by atoms with Crippen molar-refractivity contribution in [3.8, 4) is 5.75 Å². The van der Waals surface area contributed by atoms with E-state index >= 15 is 0 Å². The number of thiophene rings is 1. The van der Waals surface area contributed by atoms with Crippen molar-refractivity contribution in [2.24, 2.45) is 0 Å². The molecule has 0 bridgehead atoms. The second-order valence-corrected chi connectivity index (χ2v) is 5.89. The second kappa shape index (κ2) is 6.28. The molecule has 1 amide bonds. The van der Waals surface area contributed by atoms with Gasteiger partial charge >= 0.3 is 0 Å². The van der Waals surface area contributed by atoms with Gasteiger partial charge in [0.15, 0.2) is 0 Å². The lowest BCUT2D eigenvalue weighted by molar-refractivity contribution is 0.0636. The Labute approximate surface area is 128 Å². The third-order valence-electron chi connectivity index (χ3n) is 3.73. The Bertz CT molecular complexity index is 612. The van der Waals surface area contributed by atoms with Crippen LogP contribution in [0, 0.1) is 0 Å². The topological polar surface area (TPSA) is 41.6 Å². The van der Waals surface area contributed by atoms with Crippen molar-refractivity contribution in [1.29, 1.82) is 0 Å². The lowest BCUT2D eigenvalue weighted by Gasteiger charge is -2.36. The van der Waals surface area contributed by atoms with Gasteiger partial charge in [0.2, 0.25) is 0 Å². The number of methoxy groups -OCH3 is 1. The summed E-state index contributed by atoms with van der Waals surface area (Å²) in [5.74, 6) is 0.928. The highest BCUT2D eigenvalue weighted by Gasteiger charge is 2.30. The predicted octanol–water partition coefficient (Wildman–Crippen LogP) is 2.54. The van der Waals surface area contributed by atoms with Gasteiger partial charge in [0.05, 0.1) is 18.0 Å². The molecule has 1 unspecified atom stereocenters. The Hall–Kier alpha value is -1.85. The van der Waals surface area contributed by atoms with Gasteiger partial charge in [0, 0.05) is 25.2 Å². The maximum atomic E-state index is 12.7. The summed E-state index contributed by atoms with van der Waals surface area (Å²) in [5.41, 5.74) is 1.05. The molecule has 110 valence electrons. The average molecular weight is 302 g/mol. The number of rotatable bonds is 3. The monoisotopic (exact) mass is 302 g/mol. The van der Waals surface area contributed by atoms with Crippen LogP contribution in [0.3, 0.4) is 0 Å². The molecule has 1 aromatic heterocycles. The van der Waals surface area contributed by atoms with E-state index in [0.717, 1.165) is 29.3 Å². The van der Waals surface area contributed by atoms with E-state index in [1.54, 1.807) is 7.11 Å². The van der Waals surface area contributed by atoms with Crippen LogP contribution >= 0.6 is 11.3 Å². The quantitative estimate of drug-likeness (QED) is 0.947. The first kappa shape index (κ1) is 14.1. The number of benzene rings is 1. The van der Waals surface area contributed by atoms with Crippen LogP contribution in [0.1, 0.15) is 21.3 Å². The van der Waals surface area contributed by atoms with E-state index in [9.17, 15) is 4.79 Å². The molecule has 4 nitrogen and oxygen atoms in total. The van der Waals surface area contributed by atoms with Gasteiger partial charge < -0.3 is 15.0 Å². The van der Waals surface area contributed by atoms with Crippen molar-refractivity contribution in [3.05, 3.63) is 52.2 Å². The number of nitrogens with one attached hydrogen (secondary N) is 1. The van der Waals surface area contributed by atoms with Crippen molar-refractivity contribution < 1.29 is 9.53 Å². The zero-order chi connectivity index (χ0) is 14.7. The molecule has 1 saturated heterocycles. The minimum Gasteiger partial charge on any atom is -0.496 e. The summed E-state index contributed by atoms with van der Waals surface area (Å²) in [6.45, 7) is 2.28. The number of amides is 1. The molecule has 1 atom stereocenters. The summed E-state index contributed by atoms with van der Waals surface area (Å²) in [5, 5.41) is 5.31. The first-order valence-corrected chi connectivity index (χ1v) is 7.87. The fraction of sp³-hybridized carbons (Fsp3) is 0.312. The minimum absolute atomic E-state index is 0.00417. The third-order valence-corrected chi connectivity index (χ3v) is 4.59. The molecular weight excluding hydrogens is 284 g/mol. The normalized spacial score (nSPS) is 18.5. The fourth-order valence-corrected chi connectivity index (χ4v) is 3.39. The van der Waals surface area contributed by atoms with Crippen LogP contribution in [-0.2, 0) is 0 Å². The van der Waals surface area contributed by atoms with E-state index in [2.05, 4.69) is 5.32 Å². The standard InChI is InChI=1S/C16H18N2O2S/c1-20-14-6-3-2-5-12(14)13-11-17-8-9-18(13)16(19)15-7-4-10-21-15/h2-7,10,13,17H,8-9,11H2,1H3. The van der Waals surface area contributed by atoms with E-state index in [1.807, 2.05) is 46.7 Å². The Balaban J connectivity index is 1.93. The minimum atomic E-state index is 0.00417. The molecule has 3 rings (SSSR count). The molecule has 1 fully saturated rings. The molecule has 2 aromatic rings. The van der Waals surface area contributed by atoms with E-state index in [1.165, 1.54) is 11.3 Å². The second-order valence-electron chi connectivity index (χ2n) is 4.94.